The van der Waals surface area contributed by atoms with E-state index in [9.17, 15) is 14.0 Å². The van der Waals surface area contributed by atoms with Gasteiger partial charge in [-0.25, -0.2) is 9.07 Å². The number of anilines is 1. The van der Waals surface area contributed by atoms with Crippen LogP contribution in [0.2, 0.25) is 0 Å². The zero-order valence-electron chi connectivity index (χ0n) is 17.7. The van der Waals surface area contributed by atoms with E-state index in [2.05, 4.69) is 20.8 Å². The van der Waals surface area contributed by atoms with Crippen LogP contribution in [-0.2, 0) is 24.2 Å². The molecule has 8 nitrogen and oxygen atoms in total. The molecule has 1 fully saturated rings. The fraction of sp³-hybridized carbons (Fsp3) is 0.391. The van der Waals surface area contributed by atoms with Gasteiger partial charge in [0.25, 0.3) is 5.91 Å². The Bertz CT molecular complexity index is 1140. The summed E-state index contributed by atoms with van der Waals surface area (Å²) < 4.78 is 16.6. The highest BCUT2D eigenvalue weighted by atomic mass is 19.1. The molecule has 9 heteroatoms. The van der Waals surface area contributed by atoms with E-state index in [0.29, 0.717) is 11.4 Å². The third-order valence-electron chi connectivity index (χ3n) is 6.13. The maximum atomic E-state index is 13.3. The normalized spacial score (nSPS) is 15.7. The molecular formula is C23H25FN6O2. The highest BCUT2D eigenvalue weighted by molar-refractivity contribution is 6.04. The summed E-state index contributed by atoms with van der Waals surface area (Å²) in [7, 11) is 0. The lowest BCUT2D eigenvalue weighted by molar-refractivity contribution is -0.122. The first-order valence-electron chi connectivity index (χ1n) is 11.1. The van der Waals surface area contributed by atoms with Gasteiger partial charge in [0.05, 0.1) is 17.6 Å². The first kappa shape index (κ1) is 20.4. The predicted octanol–water partition coefficient (Wildman–Crippen LogP) is 3.01. The Balaban J connectivity index is 1.28. The second-order valence-corrected chi connectivity index (χ2v) is 8.45. The van der Waals surface area contributed by atoms with Crippen molar-refractivity contribution in [2.45, 2.75) is 57.5 Å². The topological polar surface area (TPSA) is 93.8 Å². The van der Waals surface area contributed by atoms with Crippen molar-refractivity contribution in [3.63, 3.8) is 0 Å². The molecule has 3 aromatic rings. The minimum atomic E-state index is -0.320. The van der Waals surface area contributed by atoms with Crippen molar-refractivity contribution in [3.8, 4) is 5.69 Å². The molecule has 1 saturated carbocycles. The number of benzene rings is 1. The summed E-state index contributed by atoms with van der Waals surface area (Å²) in [5.74, 6) is -0.711. The number of halogens is 1. The quantitative estimate of drug-likeness (QED) is 0.621. The van der Waals surface area contributed by atoms with E-state index in [-0.39, 0.29) is 30.2 Å². The van der Waals surface area contributed by atoms with Crippen molar-refractivity contribution in [3.05, 3.63) is 59.4 Å². The van der Waals surface area contributed by atoms with Crippen LogP contribution in [0.1, 0.15) is 53.8 Å². The van der Waals surface area contributed by atoms with Gasteiger partial charge in [-0.15, -0.1) is 0 Å². The smallest absolute Gasteiger partial charge is 0.276 e. The van der Waals surface area contributed by atoms with Gasteiger partial charge in [-0.05, 0) is 56.4 Å². The molecule has 2 heterocycles. The van der Waals surface area contributed by atoms with Crippen molar-refractivity contribution >= 4 is 17.5 Å². The van der Waals surface area contributed by atoms with Crippen LogP contribution in [0.25, 0.3) is 5.69 Å². The third kappa shape index (κ3) is 4.15. The van der Waals surface area contributed by atoms with Crippen LogP contribution in [-0.4, -0.2) is 37.4 Å². The minimum Gasteiger partial charge on any atom is -0.352 e. The van der Waals surface area contributed by atoms with Gasteiger partial charge in [-0.3, -0.25) is 14.3 Å². The van der Waals surface area contributed by atoms with E-state index in [1.807, 2.05) is 0 Å². The fourth-order valence-electron chi connectivity index (χ4n) is 4.61. The van der Waals surface area contributed by atoms with Crippen LogP contribution in [0.3, 0.4) is 0 Å². The Morgan fingerprint density at radius 1 is 1.09 bits per heavy atom. The van der Waals surface area contributed by atoms with Gasteiger partial charge in [-0.1, -0.05) is 12.8 Å². The predicted molar refractivity (Wildman–Crippen MR) is 116 cm³/mol. The lowest BCUT2D eigenvalue weighted by Crippen LogP contribution is -2.35. The number of carbonyl (C=O) groups excluding carboxylic acids is 2. The highest BCUT2D eigenvalue weighted by Gasteiger charge is 2.27. The lowest BCUT2D eigenvalue weighted by Gasteiger charge is -2.11. The molecule has 0 unspecified atom stereocenters. The summed E-state index contributed by atoms with van der Waals surface area (Å²) >= 11 is 0. The molecule has 0 aliphatic heterocycles. The number of aromatic nitrogens is 4. The summed E-state index contributed by atoms with van der Waals surface area (Å²) in [5, 5.41) is 14.6. The third-order valence-corrected chi connectivity index (χ3v) is 6.13. The number of nitrogens with zero attached hydrogens (tertiary/aromatic N) is 4. The van der Waals surface area contributed by atoms with Crippen molar-refractivity contribution in [2.75, 3.05) is 5.32 Å². The monoisotopic (exact) mass is 436 g/mol. The molecule has 2 aliphatic rings. The maximum Gasteiger partial charge on any atom is 0.276 e. The van der Waals surface area contributed by atoms with Crippen LogP contribution in [0, 0.1) is 5.82 Å². The van der Waals surface area contributed by atoms with Crippen LogP contribution in [0.5, 0.6) is 0 Å². The molecule has 0 bridgehead atoms. The molecule has 0 saturated heterocycles. The SMILES string of the molecule is O=C(Cn1cc(NC(=O)c2nn(-c3ccc(F)cc3)c3c2CCC3)cn1)NC1CCCC1. The summed E-state index contributed by atoms with van der Waals surface area (Å²) in [5.41, 5.74) is 3.51. The maximum absolute atomic E-state index is 13.3. The van der Waals surface area contributed by atoms with Gasteiger partial charge in [0, 0.05) is 23.5 Å². The van der Waals surface area contributed by atoms with Gasteiger partial charge in [0.1, 0.15) is 12.4 Å². The van der Waals surface area contributed by atoms with E-state index < -0.39 is 0 Å². The Kier molecular flexibility index (Phi) is 5.46. The van der Waals surface area contributed by atoms with Crippen molar-refractivity contribution in [1.82, 2.24) is 24.9 Å². The lowest BCUT2D eigenvalue weighted by atomic mass is 10.2. The second-order valence-electron chi connectivity index (χ2n) is 8.45. The van der Waals surface area contributed by atoms with Gasteiger partial charge in [0.2, 0.25) is 5.91 Å². The van der Waals surface area contributed by atoms with Crippen molar-refractivity contribution < 1.29 is 14.0 Å². The van der Waals surface area contributed by atoms with Crippen LogP contribution in [0.4, 0.5) is 10.1 Å². The molecule has 5 rings (SSSR count). The van der Waals surface area contributed by atoms with E-state index in [0.717, 1.165) is 61.9 Å². The Labute approximate surface area is 184 Å². The summed E-state index contributed by atoms with van der Waals surface area (Å²) in [6.45, 7) is 0.112. The standard InChI is InChI=1S/C23H25FN6O2/c24-15-8-10-18(11-9-15)30-20-7-3-6-19(20)22(28-30)23(32)27-17-12-25-29(13-17)14-21(31)26-16-4-1-2-5-16/h8-13,16H,1-7,14H2,(H,26,31)(H,27,32). The van der Waals surface area contributed by atoms with Gasteiger partial charge in [0.15, 0.2) is 5.69 Å². The zero-order valence-corrected chi connectivity index (χ0v) is 17.7. The molecular weight excluding hydrogens is 411 g/mol. The number of carbonyl (C=O) groups is 2. The number of rotatable bonds is 6. The van der Waals surface area contributed by atoms with E-state index >= 15 is 0 Å². The molecule has 0 spiro atoms. The Hall–Kier alpha value is -3.49. The second kappa shape index (κ2) is 8.57. The highest BCUT2D eigenvalue weighted by Crippen LogP contribution is 2.28. The molecule has 1 aromatic carbocycles. The van der Waals surface area contributed by atoms with Crippen LogP contribution in [0.15, 0.2) is 36.7 Å². The first-order valence-corrected chi connectivity index (χ1v) is 11.1. The van der Waals surface area contributed by atoms with Gasteiger partial charge in [-0.2, -0.15) is 10.2 Å². The molecule has 2 aliphatic carbocycles. The number of hydrogen-bond donors (Lipinski definition) is 2. The Morgan fingerprint density at radius 3 is 2.66 bits per heavy atom. The molecule has 0 radical (unpaired) electrons. The molecule has 32 heavy (non-hydrogen) atoms. The number of hydrogen-bond acceptors (Lipinski definition) is 4. The fourth-order valence-corrected chi connectivity index (χ4v) is 4.61. The van der Waals surface area contributed by atoms with Gasteiger partial charge >= 0.3 is 0 Å². The Morgan fingerprint density at radius 2 is 1.88 bits per heavy atom. The average molecular weight is 436 g/mol. The average Bonchev–Trinajstić information content (AvgIpc) is 3.54. The zero-order chi connectivity index (χ0) is 22.1. The largest absolute Gasteiger partial charge is 0.352 e. The minimum absolute atomic E-state index is 0.0752. The molecule has 2 aromatic heterocycles. The number of amides is 2. The van der Waals surface area contributed by atoms with Gasteiger partial charge < -0.3 is 10.6 Å². The van der Waals surface area contributed by atoms with Crippen LogP contribution >= 0.6 is 0 Å². The van der Waals surface area contributed by atoms with Crippen molar-refractivity contribution in [1.29, 1.82) is 0 Å². The summed E-state index contributed by atoms with van der Waals surface area (Å²) in [4.78, 5) is 25.2. The van der Waals surface area contributed by atoms with Crippen molar-refractivity contribution in [2.24, 2.45) is 0 Å². The summed E-state index contributed by atoms with van der Waals surface area (Å²) in [6, 6.07) is 6.34. The number of nitrogens with one attached hydrogen (secondary N) is 2. The molecule has 0 atom stereocenters. The van der Waals surface area contributed by atoms with E-state index in [1.165, 1.54) is 23.0 Å². The number of fused-ring (bicyclic) bond motifs is 1. The van der Waals surface area contributed by atoms with E-state index in [4.69, 9.17) is 0 Å². The first-order chi connectivity index (χ1) is 15.6. The molecule has 2 N–H and O–H groups in total. The molecule has 2 amide bonds. The van der Waals surface area contributed by atoms with Crippen LogP contribution < -0.4 is 10.6 Å². The summed E-state index contributed by atoms with van der Waals surface area (Å²) in [6.07, 6.45) is 10.1. The molecule has 166 valence electrons. The van der Waals surface area contributed by atoms with E-state index in [1.54, 1.807) is 23.0 Å².